The van der Waals surface area contributed by atoms with Gasteiger partial charge in [-0.05, 0) is 28.8 Å². The summed E-state index contributed by atoms with van der Waals surface area (Å²) in [5.41, 5.74) is 0.915. The summed E-state index contributed by atoms with van der Waals surface area (Å²) in [6.07, 6.45) is 0.567. The first-order valence-electron chi connectivity index (χ1n) is 10.3. The highest BCUT2D eigenvalue weighted by molar-refractivity contribution is 6.99. The minimum Gasteiger partial charge on any atom is -0.466 e. The van der Waals surface area contributed by atoms with Crippen LogP contribution < -0.4 is 10.4 Å². The predicted molar refractivity (Wildman–Crippen MR) is 123 cm³/mol. The Balaban J connectivity index is 2.34. The maximum absolute atomic E-state index is 12.0. The molecule has 2 aromatic rings. The van der Waals surface area contributed by atoms with Crippen LogP contribution >= 0.6 is 0 Å². The van der Waals surface area contributed by atoms with Crippen LogP contribution in [0.3, 0.4) is 0 Å². The average Bonchev–Trinajstić information content (AvgIpc) is 2.69. The van der Waals surface area contributed by atoms with Crippen LogP contribution in [0.25, 0.3) is 0 Å². The van der Waals surface area contributed by atoms with Crippen LogP contribution in [0, 0.1) is 5.92 Å². The zero-order valence-corrected chi connectivity index (χ0v) is 19.4. The standard InChI is InChI=1S/C25H34O3Si/c1-7-27-24(26)21(3)18-20(2)19-28-29(25(4,5)6,22-14-10-8-11-15-22)23-16-12-9-13-17-23/h8-17,21H,2,7,18-19H2,1,3-6H3. The van der Waals surface area contributed by atoms with Gasteiger partial charge >= 0.3 is 5.97 Å². The van der Waals surface area contributed by atoms with Gasteiger partial charge < -0.3 is 9.16 Å². The second kappa shape index (κ2) is 10.0. The number of hydrogen-bond acceptors (Lipinski definition) is 3. The van der Waals surface area contributed by atoms with Crippen LogP contribution in [0.1, 0.15) is 41.0 Å². The molecule has 0 fully saturated rings. The van der Waals surface area contributed by atoms with E-state index in [4.69, 9.17) is 9.16 Å². The van der Waals surface area contributed by atoms with E-state index >= 15 is 0 Å². The molecular formula is C25H34O3Si. The molecule has 0 aromatic heterocycles. The molecule has 1 unspecified atom stereocenters. The molecule has 0 saturated carbocycles. The minimum absolute atomic E-state index is 0.0806. The molecule has 2 rings (SSSR count). The van der Waals surface area contributed by atoms with Crippen LogP contribution in [0.2, 0.25) is 5.04 Å². The Labute approximate surface area is 176 Å². The zero-order valence-electron chi connectivity index (χ0n) is 18.4. The average molecular weight is 411 g/mol. The van der Waals surface area contributed by atoms with Crippen LogP contribution in [0.15, 0.2) is 72.8 Å². The number of benzene rings is 2. The molecule has 156 valence electrons. The van der Waals surface area contributed by atoms with Crippen LogP contribution in [-0.4, -0.2) is 27.5 Å². The maximum Gasteiger partial charge on any atom is 0.308 e. The predicted octanol–water partition coefficient (Wildman–Crippen LogP) is 4.71. The van der Waals surface area contributed by atoms with E-state index in [1.165, 1.54) is 10.4 Å². The molecule has 0 bridgehead atoms. The van der Waals surface area contributed by atoms with Crippen LogP contribution in [-0.2, 0) is 14.0 Å². The topological polar surface area (TPSA) is 35.5 Å². The lowest BCUT2D eigenvalue weighted by atomic mass is 10.0. The van der Waals surface area contributed by atoms with Gasteiger partial charge in [0.05, 0.1) is 19.1 Å². The molecule has 4 heteroatoms. The lowest BCUT2D eigenvalue weighted by molar-refractivity contribution is -0.147. The molecule has 0 aliphatic rings. The van der Waals surface area contributed by atoms with Crippen molar-refractivity contribution in [1.29, 1.82) is 0 Å². The number of ether oxygens (including phenoxy) is 1. The van der Waals surface area contributed by atoms with Gasteiger partial charge in [0.1, 0.15) is 0 Å². The molecule has 0 amide bonds. The van der Waals surface area contributed by atoms with E-state index in [1.807, 2.05) is 26.0 Å². The number of rotatable bonds is 9. The van der Waals surface area contributed by atoms with Crippen molar-refractivity contribution in [2.45, 2.75) is 46.1 Å². The second-order valence-electron chi connectivity index (χ2n) is 8.56. The van der Waals surface area contributed by atoms with Gasteiger partial charge in [-0.25, -0.2) is 0 Å². The van der Waals surface area contributed by atoms with Crippen molar-refractivity contribution in [2.75, 3.05) is 13.2 Å². The fourth-order valence-electron chi connectivity index (χ4n) is 3.83. The van der Waals surface area contributed by atoms with Crippen LogP contribution in [0.4, 0.5) is 0 Å². The fraction of sp³-hybridized carbons (Fsp3) is 0.400. The van der Waals surface area contributed by atoms with Gasteiger partial charge in [0.15, 0.2) is 0 Å². The van der Waals surface area contributed by atoms with Gasteiger partial charge in [-0.2, -0.15) is 0 Å². The Morgan fingerprint density at radius 3 is 1.90 bits per heavy atom. The third-order valence-corrected chi connectivity index (χ3v) is 10.2. The van der Waals surface area contributed by atoms with Gasteiger partial charge in [-0.15, -0.1) is 0 Å². The third kappa shape index (κ3) is 5.46. The van der Waals surface area contributed by atoms with Crippen molar-refractivity contribution in [2.24, 2.45) is 5.92 Å². The highest BCUT2D eigenvalue weighted by atomic mass is 28.4. The smallest absolute Gasteiger partial charge is 0.308 e. The quantitative estimate of drug-likeness (QED) is 0.341. The first kappa shape index (κ1) is 23.1. The summed E-state index contributed by atoms with van der Waals surface area (Å²) in [5.74, 6) is -0.399. The van der Waals surface area contributed by atoms with Crippen LogP contribution in [0.5, 0.6) is 0 Å². The first-order chi connectivity index (χ1) is 13.7. The molecule has 0 saturated heterocycles. The summed E-state index contributed by atoms with van der Waals surface area (Å²) >= 11 is 0. The van der Waals surface area contributed by atoms with Gasteiger partial charge in [0, 0.05) is 0 Å². The van der Waals surface area contributed by atoms with Gasteiger partial charge in [-0.1, -0.05) is 101 Å². The van der Waals surface area contributed by atoms with Crippen molar-refractivity contribution in [3.05, 3.63) is 72.8 Å². The minimum atomic E-state index is -2.58. The Morgan fingerprint density at radius 1 is 1.00 bits per heavy atom. The molecule has 0 N–H and O–H groups in total. The second-order valence-corrected chi connectivity index (χ2v) is 12.9. The van der Waals surface area contributed by atoms with E-state index in [0.29, 0.717) is 19.6 Å². The van der Waals surface area contributed by atoms with Crippen molar-refractivity contribution < 1.29 is 14.0 Å². The molecule has 0 aliphatic heterocycles. The molecule has 2 aromatic carbocycles. The normalized spacial score (nSPS) is 13.0. The summed E-state index contributed by atoms with van der Waals surface area (Å²) in [5, 5.41) is 2.40. The number of carbonyl (C=O) groups is 1. The zero-order chi connectivity index (χ0) is 21.5. The van der Waals surface area contributed by atoms with Gasteiger partial charge in [-0.3, -0.25) is 4.79 Å². The molecule has 0 radical (unpaired) electrons. The Morgan fingerprint density at radius 2 is 1.48 bits per heavy atom. The molecule has 0 heterocycles. The van der Waals surface area contributed by atoms with Crippen molar-refractivity contribution >= 4 is 24.7 Å². The third-order valence-electron chi connectivity index (χ3n) is 5.19. The van der Waals surface area contributed by atoms with Gasteiger partial charge in [0.2, 0.25) is 0 Å². The maximum atomic E-state index is 12.0. The van der Waals surface area contributed by atoms with Crippen molar-refractivity contribution in [3.8, 4) is 0 Å². The summed E-state index contributed by atoms with van der Waals surface area (Å²) in [6, 6.07) is 21.1. The molecule has 0 spiro atoms. The van der Waals surface area contributed by atoms with E-state index in [1.54, 1.807) is 0 Å². The summed E-state index contributed by atoms with van der Waals surface area (Å²) < 4.78 is 12.0. The van der Waals surface area contributed by atoms with Crippen molar-refractivity contribution in [3.63, 3.8) is 0 Å². The molecule has 3 nitrogen and oxygen atoms in total. The number of esters is 1. The Hall–Kier alpha value is -2.17. The highest BCUT2D eigenvalue weighted by Crippen LogP contribution is 2.37. The van der Waals surface area contributed by atoms with Crippen molar-refractivity contribution in [1.82, 2.24) is 0 Å². The Kier molecular flexibility index (Phi) is 8.00. The largest absolute Gasteiger partial charge is 0.466 e. The summed E-state index contributed by atoms with van der Waals surface area (Å²) in [4.78, 5) is 12.0. The van der Waals surface area contributed by atoms with Gasteiger partial charge in [0.25, 0.3) is 8.32 Å². The van der Waals surface area contributed by atoms with E-state index in [9.17, 15) is 4.79 Å². The highest BCUT2D eigenvalue weighted by Gasteiger charge is 2.50. The van der Waals surface area contributed by atoms with E-state index in [2.05, 4.69) is 75.9 Å². The first-order valence-corrected chi connectivity index (χ1v) is 12.2. The lowest BCUT2D eigenvalue weighted by Gasteiger charge is -2.43. The molecule has 0 aliphatic carbocycles. The lowest BCUT2D eigenvalue weighted by Crippen LogP contribution is -2.66. The van der Waals surface area contributed by atoms with E-state index in [-0.39, 0.29) is 16.9 Å². The molecular weight excluding hydrogens is 376 g/mol. The summed E-state index contributed by atoms with van der Waals surface area (Å²) in [6.45, 7) is 15.5. The summed E-state index contributed by atoms with van der Waals surface area (Å²) in [7, 11) is -2.58. The van der Waals surface area contributed by atoms with E-state index in [0.717, 1.165) is 5.57 Å². The number of carbonyl (C=O) groups excluding carboxylic acids is 1. The molecule has 1 atom stereocenters. The Bertz CT molecular complexity index is 754. The number of hydrogen-bond donors (Lipinski definition) is 0. The molecule has 29 heavy (non-hydrogen) atoms. The van der Waals surface area contributed by atoms with E-state index < -0.39 is 8.32 Å². The SMILES string of the molecule is C=C(CO[Si](c1ccccc1)(c1ccccc1)C(C)(C)C)CC(C)C(=O)OCC. The fourth-order valence-corrected chi connectivity index (χ4v) is 8.41. The monoisotopic (exact) mass is 410 g/mol.